The highest BCUT2D eigenvalue weighted by molar-refractivity contribution is 5.96. The van der Waals surface area contributed by atoms with Crippen molar-refractivity contribution < 1.29 is 33.8 Å². The standard InChI is InChI=1S/C28H40N4O7/c1-17(2)20(25(29)35)15-23(34)21-11-7-13-31(21)26(36)22-12-8-14-32(22)27(37)24(18(3)33)30-28(38)39-16-19-9-5-4-6-10-19/h4-6,9-10,17-18,20-22,24,33H,7-8,11-16H2,1-3H3,(H2,29,35)(H,30,38)/t18?,20?,21?,22-,24?/m0/s1. The molecule has 2 aliphatic rings. The van der Waals surface area contributed by atoms with Crippen molar-refractivity contribution in [1.29, 1.82) is 0 Å². The summed E-state index contributed by atoms with van der Waals surface area (Å²) in [4.78, 5) is 67.3. The van der Waals surface area contributed by atoms with Gasteiger partial charge in [-0.2, -0.15) is 0 Å². The van der Waals surface area contributed by atoms with Crippen molar-refractivity contribution in [2.24, 2.45) is 17.6 Å². The number of primary amides is 1. The van der Waals surface area contributed by atoms with E-state index in [1.807, 2.05) is 32.0 Å². The lowest BCUT2D eigenvalue weighted by atomic mass is 9.88. The van der Waals surface area contributed by atoms with Crippen LogP contribution in [0.25, 0.3) is 0 Å². The molecule has 2 aliphatic heterocycles. The Morgan fingerprint density at radius 2 is 1.62 bits per heavy atom. The van der Waals surface area contributed by atoms with Crippen LogP contribution in [0.4, 0.5) is 4.79 Å². The van der Waals surface area contributed by atoms with E-state index in [-0.39, 0.29) is 37.2 Å². The molecule has 0 bridgehead atoms. The van der Waals surface area contributed by atoms with Gasteiger partial charge in [-0.05, 0) is 44.1 Å². The second-order valence-corrected chi connectivity index (χ2v) is 10.7. The van der Waals surface area contributed by atoms with Crippen LogP contribution < -0.4 is 11.1 Å². The number of amides is 4. The van der Waals surface area contributed by atoms with Crippen molar-refractivity contribution in [1.82, 2.24) is 15.1 Å². The van der Waals surface area contributed by atoms with E-state index < -0.39 is 48.1 Å². The molecule has 0 radical (unpaired) electrons. The lowest BCUT2D eigenvalue weighted by Crippen LogP contribution is -2.58. The smallest absolute Gasteiger partial charge is 0.408 e. The van der Waals surface area contributed by atoms with Gasteiger partial charge in [0, 0.05) is 25.4 Å². The SMILES string of the molecule is CC(C)C(CC(=O)C1CCCN1C(=O)[C@@H]1CCCN1C(=O)C(NC(=O)OCc1ccccc1)C(C)O)C(N)=O. The number of nitrogens with zero attached hydrogens (tertiary/aromatic N) is 2. The molecule has 39 heavy (non-hydrogen) atoms. The fourth-order valence-electron chi connectivity index (χ4n) is 5.32. The number of benzene rings is 1. The fraction of sp³-hybridized carbons (Fsp3) is 0.607. The van der Waals surface area contributed by atoms with Gasteiger partial charge in [-0.3, -0.25) is 19.2 Å². The van der Waals surface area contributed by atoms with Crippen molar-refractivity contribution in [3.05, 3.63) is 35.9 Å². The molecule has 1 aromatic carbocycles. The zero-order valence-corrected chi connectivity index (χ0v) is 22.9. The molecule has 2 saturated heterocycles. The zero-order chi connectivity index (χ0) is 28.7. The molecule has 2 fully saturated rings. The van der Waals surface area contributed by atoms with Crippen LogP contribution in [0.15, 0.2) is 30.3 Å². The van der Waals surface area contributed by atoms with Crippen LogP contribution in [0.5, 0.6) is 0 Å². The number of aliphatic hydroxyl groups is 1. The summed E-state index contributed by atoms with van der Waals surface area (Å²) in [5.74, 6) is -2.40. The minimum Gasteiger partial charge on any atom is -0.445 e. The molecule has 2 heterocycles. The number of aliphatic hydroxyl groups excluding tert-OH is 1. The Morgan fingerprint density at radius 1 is 1.00 bits per heavy atom. The third-order valence-electron chi connectivity index (χ3n) is 7.55. The summed E-state index contributed by atoms with van der Waals surface area (Å²) in [6.45, 7) is 5.68. The number of nitrogens with one attached hydrogen (secondary N) is 1. The molecule has 4 amide bonds. The van der Waals surface area contributed by atoms with Gasteiger partial charge in [-0.1, -0.05) is 44.2 Å². The van der Waals surface area contributed by atoms with E-state index in [9.17, 15) is 29.1 Å². The molecular weight excluding hydrogens is 504 g/mol. The first-order valence-corrected chi connectivity index (χ1v) is 13.6. The van der Waals surface area contributed by atoms with E-state index in [4.69, 9.17) is 10.5 Å². The minimum absolute atomic E-state index is 0.00395. The highest BCUT2D eigenvalue weighted by Crippen LogP contribution is 2.28. The van der Waals surface area contributed by atoms with E-state index in [0.717, 1.165) is 5.56 Å². The third-order valence-corrected chi connectivity index (χ3v) is 7.55. The summed E-state index contributed by atoms with van der Waals surface area (Å²) in [5, 5.41) is 12.7. The maximum atomic E-state index is 13.6. The monoisotopic (exact) mass is 544 g/mol. The van der Waals surface area contributed by atoms with Gasteiger partial charge in [0.25, 0.3) is 0 Å². The van der Waals surface area contributed by atoms with Crippen molar-refractivity contribution in [2.45, 2.75) is 83.7 Å². The van der Waals surface area contributed by atoms with Crippen LogP contribution in [0.1, 0.15) is 58.4 Å². The highest BCUT2D eigenvalue weighted by Gasteiger charge is 2.44. The van der Waals surface area contributed by atoms with Crippen LogP contribution in [0.2, 0.25) is 0 Å². The molecule has 1 aromatic rings. The number of Topliss-reactive ketones (excluding diaryl/α,β-unsaturated/α-hetero) is 1. The van der Waals surface area contributed by atoms with Gasteiger partial charge in [0.15, 0.2) is 5.78 Å². The quantitative estimate of drug-likeness (QED) is 0.379. The average Bonchev–Trinajstić information content (AvgIpc) is 3.59. The Labute approximate surface area is 229 Å². The maximum Gasteiger partial charge on any atom is 0.408 e. The maximum absolute atomic E-state index is 13.6. The predicted octanol–water partition coefficient (Wildman–Crippen LogP) is 1.36. The number of nitrogens with two attached hydrogens (primary N) is 1. The van der Waals surface area contributed by atoms with Gasteiger partial charge >= 0.3 is 6.09 Å². The summed E-state index contributed by atoms with van der Waals surface area (Å²) in [6.07, 6.45) is -0.0370. The van der Waals surface area contributed by atoms with Crippen molar-refractivity contribution in [3.8, 4) is 0 Å². The molecule has 5 atom stereocenters. The largest absolute Gasteiger partial charge is 0.445 e. The number of ketones is 1. The normalized spacial score (nSPS) is 21.4. The Morgan fingerprint density at radius 3 is 2.21 bits per heavy atom. The Bertz CT molecular complexity index is 1050. The van der Waals surface area contributed by atoms with Crippen molar-refractivity contribution in [2.75, 3.05) is 13.1 Å². The van der Waals surface area contributed by atoms with Crippen LogP contribution in [0, 0.1) is 11.8 Å². The number of alkyl carbamates (subject to hydrolysis) is 1. The Balaban J connectivity index is 1.66. The summed E-state index contributed by atoms with van der Waals surface area (Å²) in [6, 6.07) is 6.24. The second-order valence-electron chi connectivity index (χ2n) is 10.7. The number of ether oxygens (including phenoxy) is 1. The Kier molecular flexibility index (Phi) is 10.4. The molecule has 0 spiro atoms. The Hall–Kier alpha value is -3.47. The molecule has 0 saturated carbocycles. The van der Waals surface area contributed by atoms with E-state index in [2.05, 4.69) is 5.32 Å². The number of rotatable bonds is 11. The number of likely N-dealkylation sites (tertiary alicyclic amines) is 2. The van der Waals surface area contributed by atoms with Gasteiger partial charge in [0.2, 0.25) is 17.7 Å². The van der Waals surface area contributed by atoms with Crippen molar-refractivity contribution >= 4 is 29.6 Å². The second kappa shape index (κ2) is 13.5. The molecule has 0 aliphatic carbocycles. The van der Waals surface area contributed by atoms with Gasteiger partial charge in [-0.15, -0.1) is 0 Å². The lowest BCUT2D eigenvalue weighted by Gasteiger charge is -2.33. The number of hydrogen-bond donors (Lipinski definition) is 3. The van der Waals surface area contributed by atoms with Gasteiger partial charge in [0.1, 0.15) is 18.7 Å². The number of hydrogen-bond acceptors (Lipinski definition) is 7. The van der Waals surface area contributed by atoms with Gasteiger partial charge in [-0.25, -0.2) is 4.79 Å². The number of carbonyl (C=O) groups is 5. The molecule has 214 valence electrons. The van der Waals surface area contributed by atoms with Crippen LogP contribution >= 0.6 is 0 Å². The predicted molar refractivity (Wildman–Crippen MR) is 142 cm³/mol. The van der Waals surface area contributed by atoms with E-state index in [0.29, 0.717) is 32.2 Å². The van der Waals surface area contributed by atoms with Crippen LogP contribution in [0.3, 0.4) is 0 Å². The fourth-order valence-corrected chi connectivity index (χ4v) is 5.32. The highest BCUT2D eigenvalue weighted by atomic mass is 16.5. The molecule has 11 nitrogen and oxygen atoms in total. The van der Waals surface area contributed by atoms with Crippen LogP contribution in [-0.2, 0) is 30.5 Å². The van der Waals surface area contributed by atoms with E-state index in [1.54, 1.807) is 12.1 Å². The molecule has 3 rings (SSSR count). The summed E-state index contributed by atoms with van der Waals surface area (Å²) < 4.78 is 5.21. The molecule has 4 N–H and O–H groups in total. The van der Waals surface area contributed by atoms with Gasteiger partial charge in [0.05, 0.1) is 12.1 Å². The third kappa shape index (κ3) is 7.56. The molecule has 0 aromatic heterocycles. The summed E-state index contributed by atoms with van der Waals surface area (Å²) >= 11 is 0. The first-order chi connectivity index (χ1) is 18.5. The topological polar surface area (TPSA) is 159 Å². The van der Waals surface area contributed by atoms with E-state index in [1.165, 1.54) is 16.7 Å². The zero-order valence-electron chi connectivity index (χ0n) is 22.9. The van der Waals surface area contributed by atoms with Gasteiger partial charge < -0.3 is 30.7 Å². The van der Waals surface area contributed by atoms with Crippen LogP contribution in [-0.4, -0.2) is 81.8 Å². The number of carbonyl (C=O) groups excluding carboxylic acids is 5. The minimum atomic E-state index is -1.31. The average molecular weight is 545 g/mol. The summed E-state index contributed by atoms with van der Waals surface area (Å²) in [5.41, 5.74) is 6.26. The van der Waals surface area contributed by atoms with E-state index >= 15 is 0 Å². The molecular formula is C28H40N4O7. The first kappa shape index (κ1) is 30.1. The summed E-state index contributed by atoms with van der Waals surface area (Å²) in [7, 11) is 0. The molecule has 11 heteroatoms. The molecule has 4 unspecified atom stereocenters. The first-order valence-electron chi connectivity index (χ1n) is 13.6. The van der Waals surface area contributed by atoms with Crippen molar-refractivity contribution in [3.63, 3.8) is 0 Å². The lowest BCUT2D eigenvalue weighted by molar-refractivity contribution is -0.148.